The van der Waals surface area contributed by atoms with Crippen LogP contribution in [0, 0.1) is 57.7 Å². The quantitative estimate of drug-likeness (QED) is 0.686. The zero-order valence-corrected chi connectivity index (χ0v) is 15.8. The van der Waals surface area contributed by atoms with Crippen LogP contribution in [-0.4, -0.2) is 5.78 Å². The molecule has 5 rings (SSSR count). The summed E-state index contributed by atoms with van der Waals surface area (Å²) in [7, 11) is 0. The van der Waals surface area contributed by atoms with E-state index in [2.05, 4.69) is 19.9 Å². The van der Waals surface area contributed by atoms with E-state index in [0.29, 0.717) is 17.6 Å². The lowest BCUT2D eigenvalue weighted by Crippen LogP contribution is -2.52. The number of nitrogens with zero attached hydrogens (tertiary/aromatic N) is 1. The maximum Gasteiger partial charge on any atom is 0.155 e. The van der Waals surface area contributed by atoms with Gasteiger partial charge in [0.1, 0.15) is 0 Å². The van der Waals surface area contributed by atoms with Gasteiger partial charge in [0.05, 0.1) is 11.5 Å². The van der Waals surface area contributed by atoms with Crippen molar-refractivity contribution in [3.8, 4) is 6.07 Å². The highest BCUT2D eigenvalue weighted by molar-refractivity contribution is 5.91. The molecule has 25 heavy (non-hydrogen) atoms. The van der Waals surface area contributed by atoms with Gasteiger partial charge in [-0.15, -0.1) is 0 Å². The normalized spacial score (nSPS) is 53.0. The SMILES string of the molecule is CC[C@]12CC[C@H]3[C@@H](CCC4=CC(=O)CC[C@@H]43)[C@@H]1[C@@H]1C[C@@H]1[C@@]2(C#N)CC. The molecule has 0 heterocycles. The fraction of sp³-hybridized carbons (Fsp3) is 0.826. The topological polar surface area (TPSA) is 40.9 Å². The van der Waals surface area contributed by atoms with E-state index in [1.807, 2.05) is 6.08 Å². The first-order valence-corrected chi connectivity index (χ1v) is 10.8. The molecule has 2 nitrogen and oxygen atoms in total. The smallest absolute Gasteiger partial charge is 0.155 e. The molecule has 4 fully saturated rings. The maximum atomic E-state index is 11.9. The van der Waals surface area contributed by atoms with Gasteiger partial charge < -0.3 is 0 Å². The van der Waals surface area contributed by atoms with Crippen molar-refractivity contribution in [2.75, 3.05) is 0 Å². The van der Waals surface area contributed by atoms with Crippen LogP contribution in [-0.2, 0) is 4.79 Å². The van der Waals surface area contributed by atoms with Gasteiger partial charge >= 0.3 is 0 Å². The number of allylic oxidation sites excluding steroid dienone is 1. The van der Waals surface area contributed by atoms with Crippen molar-refractivity contribution in [1.82, 2.24) is 0 Å². The Bertz CT molecular complexity index is 687. The van der Waals surface area contributed by atoms with Crippen molar-refractivity contribution in [2.45, 2.75) is 71.6 Å². The third kappa shape index (κ3) is 1.78. The van der Waals surface area contributed by atoms with Crippen LogP contribution in [0.25, 0.3) is 0 Å². The van der Waals surface area contributed by atoms with Gasteiger partial charge in [-0.05, 0) is 98.4 Å². The number of hydrogen-bond donors (Lipinski definition) is 0. The minimum Gasteiger partial charge on any atom is -0.295 e. The first-order chi connectivity index (χ1) is 12.1. The predicted octanol–water partition coefficient (Wildman–Crippen LogP) is 5.29. The van der Waals surface area contributed by atoms with Crippen LogP contribution < -0.4 is 0 Å². The van der Waals surface area contributed by atoms with E-state index >= 15 is 0 Å². The molecule has 5 aliphatic carbocycles. The van der Waals surface area contributed by atoms with E-state index < -0.39 is 0 Å². The molecule has 0 aromatic rings. The molecule has 0 unspecified atom stereocenters. The minimum absolute atomic E-state index is 0.0410. The fourth-order valence-corrected chi connectivity index (χ4v) is 8.73. The first kappa shape index (κ1) is 16.1. The van der Waals surface area contributed by atoms with Crippen LogP contribution in [0.5, 0.6) is 0 Å². The molecule has 5 aliphatic rings. The summed E-state index contributed by atoms with van der Waals surface area (Å²) in [5.41, 5.74) is 1.73. The van der Waals surface area contributed by atoms with Crippen LogP contribution >= 0.6 is 0 Å². The van der Waals surface area contributed by atoms with Gasteiger partial charge in [0.15, 0.2) is 5.78 Å². The van der Waals surface area contributed by atoms with E-state index in [1.165, 1.54) is 37.7 Å². The highest BCUT2D eigenvalue weighted by atomic mass is 16.1. The van der Waals surface area contributed by atoms with E-state index in [-0.39, 0.29) is 10.8 Å². The first-order valence-electron chi connectivity index (χ1n) is 10.8. The molecule has 0 aromatic heterocycles. The zero-order chi connectivity index (χ0) is 17.4. The van der Waals surface area contributed by atoms with Gasteiger partial charge in [0.2, 0.25) is 0 Å². The molecular formula is C23H31NO. The third-order valence-electron chi connectivity index (χ3n) is 9.59. The molecule has 8 atom stereocenters. The maximum absolute atomic E-state index is 11.9. The number of nitriles is 1. The van der Waals surface area contributed by atoms with Crippen LogP contribution in [0.2, 0.25) is 0 Å². The number of carbonyl (C=O) groups excluding carboxylic acids is 1. The second-order valence-electron chi connectivity index (χ2n) is 9.71. The lowest BCUT2D eigenvalue weighted by Gasteiger charge is -2.58. The molecular weight excluding hydrogens is 306 g/mol. The van der Waals surface area contributed by atoms with Gasteiger partial charge in [-0.3, -0.25) is 4.79 Å². The minimum atomic E-state index is -0.0410. The molecule has 0 spiro atoms. The van der Waals surface area contributed by atoms with Crippen molar-refractivity contribution >= 4 is 5.78 Å². The van der Waals surface area contributed by atoms with Gasteiger partial charge in [-0.2, -0.15) is 5.26 Å². The Morgan fingerprint density at radius 2 is 1.96 bits per heavy atom. The summed E-state index contributed by atoms with van der Waals surface area (Å²) in [5.74, 6) is 4.98. The van der Waals surface area contributed by atoms with E-state index in [0.717, 1.165) is 49.4 Å². The van der Waals surface area contributed by atoms with Crippen LogP contribution in [0.4, 0.5) is 0 Å². The molecule has 0 saturated heterocycles. The molecule has 0 bridgehead atoms. The largest absolute Gasteiger partial charge is 0.295 e. The molecule has 134 valence electrons. The zero-order valence-electron chi connectivity index (χ0n) is 15.8. The summed E-state index contributed by atoms with van der Waals surface area (Å²) >= 11 is 0. The molecule has 0 aliphatic heterocycles. The van der Waals surface area contributed by atoms with Crippen LogP contribution in [0.1, 0.15) is 71.6 Å². The van der Waals surface area contributed by atoms with Crippen molar-refractivity contribution in [2.24, 2.45) is 46.3 Å². The highest BCUT2D eigenvalue weighted by Crippen LogP contribution is 2.80. The number of carbonyl (C=O) groups is 1. The highest BCUT2D eigenvalue weighted by Gasteiger charge is 2.76. The Labute approximate surface area is 152 Å². The lowest BCUT2D eigenvalue weighted by molar-refractivity contribution is -0.116. The standard InChI is InChI=1S/C23H31NO/c1-3-22-10-9-17-16-8-6-15(25)11-14(16)5-7-18(17)21(22)19-12-20(19)23(22,4-2)13-24/h11,16-21H,3-10,12H2,1-2H3/t16-,17+,18+,19+,20-,21+,22-,23-/m0/s1. The fourth-order valence-electron chi connectivity index (χ4n) is 8.73. The van der Waals surface area contributed by atoms with Crippen molar-refractivity contribution in [3.05, 3.63) is 11.6 Å². The summed E-state index contributed by atoms with van der Waals surface area (Å²) in [6.07, 6.45) is 12.4. The molecule has 2 heteroatoms. The third-order valence-corrected chi connectivity index (χ3v) is 9.59. The molecule has 4 saturated carbocycles. The Hall–Kier alpha value is -1.10. The Morgan fingerprint density at radius 3 is 2.68 bits per heavy atom. The van der Waals surface area contributed by atoms with E-state index in [9.17, 15) is 10.1 Å². The molecule has 0 aromatic carbocycles. The monoisotopic (exact) mass is 337 g/mol. The Kier molecular flexibility index (Phi) is 3.36. The van der Waals surface area contributed by atoms with Gasteiger partial charge in [-0.1, -0.05) is 19.4 Å². The summed E-state index contributed by atoms with van der Waals surface area (Å²) in [6.45, 7) is 4.65. The Morgan fingerprint density at radius 1 is 1.12 bits per heavy atom. The van der Waals surface area contributed by atoms with Gasteiger partial charge in [-0.25, -0.2) is 0 Å². The number of ketones is 1. The molecule has 0 amide bonds. The van der Waals surface area contributed by atoms with E-state index in [4.69, 9.17) is 0 Å². The summed E-state index contributed by atoms with van der Waals surface area (Å²) in [4.78, 5) is 11.9. The average Bonchev–Trinajstić information content (AvgIpc) is 3.38. The summed E-state index contributed by atoms with van der Waals surface area (Å²) < 4.78 is 0. The molecule has 0 radical (unpaired) electrons. The van der Waals surface area contributed by atoms with Gasteiger partial charge in [0.25, 0.3) is 0 Å². The van der Waals surface area contributed by atoms with E-state index in [1.54, 1.807) is 0 Å². The predicted molar refractivity (Wildman–Crippen MR) is 97.4 cm³/mol. The summed E-state index contributed by atoms with van der Waals surface area (Å²) in [6, 6.07) is 2.91. The number of fused-ring (bicyclic) bond motifs is 7. The Balaban J connectivity index is 1.54. The lowest BCUT2D eigenvalue weighted by atomic mass is 9.45. The second kappa shape index (κ2) is 5.21. The van der Waals surface area contributed by atoms with Crippen LogP contribution in [0.15, 0.2) is 11.6 Å². The van der Waals surface area contributed by atoms with Crippen molar-refractivity contribution in [1.29, 1.82) is 5.26 Å². The summed E-state index contributed by atoms with van der Waals surface area (Å²) in [5, 5.41) is 10.3. The molecule has 0 N–H and O–H groups in total. The average molecular weight is 338 g/mol. The number of hydrogen-bond acceptors (Lipinski definition) is 2. The van der Waals surface area contributed by atoms with Crippen LogP contribution in [0.3, 0.4) is 0 Å². The van der Waals surface area contributed by atoms with Crippen molar-refractivity contribution < 1.29 is 4.79 Å². The number of rotatable bonds is 2. The second-order valence-corrected chi connectivity index (χ2v) is 9.71. The van der Waals surface area contributed by atoms with Crippen molar-refractivity contribution in [3.63, 3.8) is 0 Å². The van der Waals surface area contributed by atoms with Gasteiger partial charge in [0, 0.05) is 6.42 Å².